The molecular formula is C10H14N4O4. The maximum atomic E-state index is 10.9. The van der Waals surface area contributed by atoms with Crippen molar-refractivity contribution in [2.24, 2.45) is 13.0 Å². The van der Waals surface area contributed by atoms with E-state index in [0.717, 1.165) is 0 Å². The number of nitro groups is 1. The number of rotatable bonds is 3. The molecule has 1 fully saturated rings. The van der Waals surface area contributed by atoms with Gasteiger partial charge in [0.05, 0.1) is 5.92 Å². The minimum atomic E-state index is -0.862. The standard InChI is InChI=1S/C10H14N4O4/c1-6-11-8(14(17)18)9(12(6)2)13-4-3-7(5-13)10(15)16/h7H,3-5H2,1-2H3,(H,15,16). The molecule has 0 bridgehead atoms. The summed E-state index contributed by atoms with van der Waals surface area (Å²) < 4.78 is 1.63. The van der Waals surface area contributed by atoms with Crippen molar-refractivity contribution in [2.45, 2.75) is 13.3 Å². The van der Waals surface area contributed by atoms with E-state index in [4.69, 9.17) is 5.11 Å². The minimum absolute atomic E-state index is 0.207. The van der Waals surface area contributed by atoms with Crippen LogP contribution in [0.15, 0.2) is 0 Å². The summed E-state index contributed by atoms with van der Waals surface area (Å²) in [5, 5.41) is 19.9. The summed E-state index contributed by atoms with van der Waals surface area (Å²) in [5.74, 6) is -0.614. The van der Waals surface area contributed by atoms with Crippen molar-refractivity contribution in [3.63, 3.8) is 0 Å². The van der Waals surface area contributed by atoms with Crippen molar-refractivity contribution in [1.29, 1.82) is 0 Å². The number of carbonyl (C=O) groups is 1. The van der Waals surface area contributed by atoms with Gasteiger partial charge in [-0.3, -0.25) is 9.36 Å². The van der Waals surface area contributed by atoms with Crippen LogP contribution in [-0.4, -0.2) is 38.6 Å². The maximum Gasteiger partial charge on any atom is 0.406 e. The van der Waals surface area contributed by atoms with E-state index in [1.165, 1.54) is 0 Å². The number of imidazole rings is 1. The van der Waals surface area contributed by atoms with Crippen LogP contribution < -0.4 is 4.90 Å². The lowest BCUT2D eigenvalue weighted by Gasteiger charge is -2.17. The van der Waals surface area contributed by atoms with Crippen LogP contribution in [0.1, 0.15) is 12.2 Å². The molecule has 1 N–H and O–H groups in total. The van der Waals surface area contributed by atoms with E-state index >= 15 is 0 Å². The number of hydrogen-bond acceptors (Lipinski definition) is 5. The van der Waals surface area contributed by atoms with Crippen molar-refractivity contribution >= 4 is 17.6 Å². The molecule has 0 amide bonds. The summed E-state index contributed by atoms with van der Waals surface area (Å²) in [6.07, 6.45) is 0.497. The van der Waals surface area contributed by atoms with Gasteiger partial charge in [-0.1, -0.05) is 0 Å². The van der Waals surface area contributed by atoms with Crippen LogP contribution >= 0.6 is 0 Å². The molecule has 98 valence electrons. The maximum absolute atomic E-state index is 10.9. The lowest BCUT2D eigenvalue weighted by atomic mass is 10.1. The zero-order chi connectivity index (χ0) is 13.4. The SMILES string of the molecule is Cc1nc([N+](=O)[O-])c(N2CCC(C(=O)O)C2)n1C. The van der Waals surface area contributed by atoms with Gasteiger partial charge in [0, 0.05) is 27.1 Å². The molecule has 1 unspecified atom stereocenters. The fourth-order valence-electron chi connectivity index (χ4n) is 2.21. The van der Waals surface area contributed by atoms with Crippen molar-refractivity contribution in [3.05, 3.63) is 15.9 Å². The van der Waals surface area contributed by atoms with Gasteiger partial charge in [0.25, 0.3) is 0 Å². The molecule has 1 aromatic rings. The first kappa shape index (κ1) is 12.3. The molecule has 18 heavy (non-hydrogen) atoms. The first-order valence-electron chi connectivity index (χ1n) is 5.57. The predicted octanol–water partition coefficient (Wildman–Crippen LogP) is 0.548. The quantitative estimate of drug-likeness (QED) is 0.624. The Morgan fingerprint density at radius 3 is 2.78 bits per heavy atom. The normalized spacial score (nSPS) is 19.2. The molecular weight excluding hydrogens is 240 g/mol. The Hall–Kier alpha value is -2.12. The molecule has 1 saturated heterocycles. The van der Waals surface area contributed by atoms with Crippen LogP contribution in [0.2, 0.25) is 0 Å². The molecule has 1 aromatic heterocycles. The molecule has 1 atom stereocenters. The monoisotopic (exact) mass is 254 g/mol. The van der Waals surface area contributed by atoms with Gasteiger partial charge in [-0.05, 0) is 16.3 Å². The van der Waals surface area contributed by atoms with Gasteiger partial charge in [-0.2, -0.15) is 0 Å². The van der Waals surface area contributed by atoms with Crippen molar-refractivity contribution in [1.82, 2.24) is 9.55 Å². The summed E-state index contributed by atoms with van der Waals surface area (Å²) in [6, 6.07) is 0. The molecule has 0 saturated carbocycles. The Kier molecular flexibility index (Phi) is 2.93. The molecule has 0 radical (unpaired) electrons. The number of aryl methyl sites for hydroxylation is 1. The summed E-state index contributed by atoms with van der Waals surface area (Å²) in [4.78, 5) is 26.9. The van der Waals surface area contributed by atoms with Crippen LogP contribution in [0.4, 0.5) is 11.6 Å². The van der Waals surface area contributed by atoms with Gasteiger partial charge >= 0.3 is 11.8 Å². The molecule has 0 aromatic carbocycles. The number of aromatic nitrogens is 2. The zero-order valence-corrected chi connectivity index (χ0v) is 10.2. The molecule has 1 aliphatic heterocycles. The Morgan fingerprint density at radius 2 is 2.28 bits per heavy atom. The molecule has 2 rings (SSSR count). The highest BCUT2D eigenvalue weighted by Crippen LogP contribution is 2.32. The lowest BCUT2D eigenvalue weighted by Crippen LogP contribution is -2.25. The Labute approximate surface area is 103 Å². The van der Waals surface area contributed by atoms with Crippen LogP contribution in [0.3, 0.4) is 0 Å². The number of carboxylic acids is 1. The third kappa shape index (κ3) is 1.89. The number of hydrogen-bond donors (Lipinski definition) is 1. The molecule has 0 spiro atoms. The first-order chi connectivity index (χ1) is 8.41. The van der Waals surface area contributed by atoms with Crippen LogP contribution in [0, 0.1) is 23.0 Å². The number of anilines is 1. The van der Waals surface area contributed by atoms with E-state index in [1.54, 1.807) is 23.4 Å². The third-order valence-electron chi connectivity index (χ3n) is 3.28. The highest BCUT2D eigenvalue weighted by atomic mass is 16.6. The van der Waals surface area contributed by atoms with Gasteiger partial charge in [0.1, 0.15) is 0 Å². The Bertz CT molecular complexity index is 510. The number of aliphatic carboxylic acids is 1. The second-order valence-electron chi connectivity index (χ2n) is 4.39. The molecule has 8 nitrogen and oxygen atoms in total. The number of nitrogens with zero attached hydrogens (tertiary/aromatic N) is 4. The highest BCUT2D eigenvalue weighted by molar-refractivity contribution is 5.72. The lowest BCUT2D eigenvalue weighted by molar-refractivity contribution is -0.388. The second-order valence-corrected chi connectivity index (χ2v) is 4.39. The van der Waals surface area contributed by atoms with Crippen LogP contribution in [-0.2, 0) is 11.8 Å². The van der Waals surface area contributed by atoms with Crippen molar-refractivity contribution < 1.29 is 14.8 Å². The minimum Gasteiger partial charge on any atom is -0.481 e. The predicted molar refractivity (Wildman–Crippen MR) is 62.6 cm³/mol. The topological polar surface area (TPSA) is 102 Å². The number of carboxylic acid groups (broad SMARTS) is 1. The smallest absolute Gasteiger partial charge is 0.406 e. The molecule has 2 heterocycles. The first-order valence-corrected chi connectivity index (χ1v) is 5.57. The average Bonchev–Trinajstić information content (AvgIpc) is 2.85. The summed E-state index contributed by atoms with van der Waals surface area (Å²) in [6.45, 7) is 2.47. The van der Waals surface area contributed by atoms with E-state index in [9.17, 15) is 14.9 Å². The fourth-order valence-corrected chi connectivity index (χ4v) is 2.21. The van der Waals surface area contributed by atoms with Crippen LogP contribution in [0.5, 0.6) is 0 Å². The van der Waals surface area contributed by atoms with Gasteiger partial charge < -0.3 is 20.1 Å². The largest absolute Gasteiger partial charge is 0.481 e. The van der Waals surface area contributed by atoms with E-state index in [2.05, 4.69) is 4.98 Å². The zero-order valence-electron chi connectivity index (χ0n) is 10.2. The van der Waals surface area contributed by atoms with E-state index < -0.39 is 16.8 Å². The van der Waals surface area contributed by atoms with Gasteiger partial charge in [0.15, 0.2) is 0 Å². The summed E-state index contributed by atoms with van der Waals surface area (Å²) in [7, 11) is 1.69. The van der Waals surface area contributed by atoms with Gasteiger partial charge in [-0.15, -0.1) is 0 Å². The van der Waals surface area contributed by atoms with E-state index in [1.807, 2.05) is 0 Å². The van der Waals surface area contributed by atoms with Crippen molar-refractivity contribution in [3.8, 4) is 0 Å². The van der Waals surface area contributed by atoms with Crippen LogP contribution in [0.25, 0.3) is 0 Å². The molecule has 1 aliphatic rings. The molecule has 8 heteroatoms. The van der Waals surface area contributed by atoms with Crippen molar-refractivity contribution in [2.75, 3.05) is 18.0 Å². The second kappa shape index (κ2) is 4.28. The van der Waals surface area contributed by atoms with E-state index in [-0.39, 0.29) is 12.4 Å². The van der Waals surface area contributed by atoms with E-state index in [0.29, 0.717) is 24.6 Å². The Balaban J connectivity index is 2.34. The molecule has 0 aliphatic carbocycles. The van der Waals surface area contributed by atoms with Gasteiger partial charge in [0.2, 0.25) is 11.6 Å². The fraction of sp³-hybridized carbons (Fsp3) is 0.600. The Morgan fingerprint density at radius 1 is 1.61 bits per heavy atom. The summed E-state index contributed by atoms with van der Waals surface area (Å²) in [5.41, 5.74) is 0. The highest BCUT2D eigenvalue weighted by Gasteiger charge is 2.35. The third-order valence-corrected chi connectivity index (χ3v) is 3.28. The average molecular weight is 254 g/mol. The van der Waals surface area contributed by atoms with Gasteiger partial charge in [-0.25, -0.2) is 0 Å². The summed E-state index contributed by atoms with van der Waals surface area (Å²) >= 11 is 0.